The third-order valence-corrected chi connectivity index (χ3v) is 5.81. The second-order valence-electron chi connectivity index (χ2n) is 7.99. The van der Waals surface area contributed by atoms with E-state index in [0.717, 1.165) is 44.9 Å². The van der Waals surface area contributed by atoms with Crippen molar-refractivity contribution < 1.29 is 14.3 Å². The average Bonchev–Trinajstić information content (AvgIpc) is 2.99. The van der Waals surface area contributed by atoms with Gasteiger partial charge in [0.05, 0.1) is 37.3 Å². The lowest BCUT2D eigenvalue weighted by Crippen LogP contribution is -2.48. The molecule has 1 aromatic heterocycles. The average molecular weight is 406 g/mol. The van der Waals surface area contributed by atoms with Crippen molar-refractivity contribution in [3.8, 4) is 16.9 Å². The van der Waals surface area contributed by atoms with Crippen LogP contribution in [0.25, 0.3) is 22.2 Å². The fraction of sp³-hybridized carbons (Fsp3) is 0.391. The summed E-state index contributed by atoms with van der Waals surface area (Å²) >= 11 is 0. The van der Waals surface area contributed by atoms with Gasteiger partial charge in [-0.15, -0.1) is 0 Å². The number of nitrogens with zero attached hydrogens (tertiary/aromatic N) is 3. The Morgan fingerprint density at radius 3 is 2.63 bits per heavy atom. The maximum atomic E-state index is 13.0. The van der Waals surface area contributed by atoms with Crippen LogP contribution < -0.4 is 4.74 Å². The number of imidazole rings is 1. The van der Waals surface area contributed by atoms with Crippen LogP contribution in [0.2, 0.25) is 0 Å². The summed E-state index contributed by atoms with van der Waals surface area (Å²) < 4.78 is 11.4. The molecule has 1 saturated heterocycles. The maximum Gasteiger partial charge on any atom is 0.320 e. The summed E-state index contributed by atoms with van der Waals surface area (Å²) in [5.74, 6) is 1.81. The van der Waals surface area contributed by atoms with E-state index in [9.17, 15) is 4.79 Å². The Morgan fingerprint density at radius 1 is 1.00 bits per heavy atom. The van der Waals surface area contributed by atoms with Crippen molar-refractivity contribution in [1.82, 2.24) is 19.8 Å². The van der Waals surface area contributed by atoms with Gasteiger partial charge >= 0.3 is 6.03 Å². The molecule has 5 rings (SSSR count). The SMILES string of the molecule is Cc1nc2ccc(-c3cc(C)c4c(c3)CN(C(=O)N3CCOCC3)CCO4)cc2[nH]1. The van der Waals surface area contributed by atoms with Crippen LogP contribution in [0, 0.1) is 13.8 Å². The smallest absolute Gasteiger partial charge is 0.320 e. The first-order valence-electron chi connectivity index (χ1n) is 10.4. The first-order valence-corrected chi connectivity index (χ1v) is 10.4. The number of carbonyl (C=O) groups excluding carboxylic acids is 1. The number of aryl methyl sites for hydroxylation is 2. The van der Waals surface area contributed by atoms with Gasteiger partial charge in [0, 0.05) is 18.7 Å². The zero-order chi connectivity index (χ0) is 20.7. The van der Waals surface area contributed by atoms with Gasteiger partial charge in [0.25, 0.3) is 0 Å². The molecule has 0 atom stereocenters. The van der Waals surface area contributed by atoms with Crippen molar-refractivity contribution in [3.05, 3.63) is 47.3 Å². The van der Waals surface area contributed by atoms with Crippen molar-refractivity contribution in [2.45, 2.75) is 20.4 Å². The Hall–Kier alpha value is -3.06. The quantitative estimate of drug-likeness (QED) is 0.672. The number of aromatic nitrogens is 2. The second-order valence-corrected chi connectivity index (χ2v) is 7.99. The zero-order valence-corrected chi connectivity index (χ0v) is 17.4. The first-order chi connectivity index (χ1) is 14.6. The number of nitrogens with one attached hydrogen (secondary N) is 1. The molecule has 7 heteroatoms. The molecular weight excluding hydrogens is 380 g/mol. The molecule has 0 saturated carbocycles. The third kappa shape index (κ3) is 3.50. The summed E-state index contributed by atoms with van der Waals surface area (Å²) in [5, 5.41) is 0. The number of benzene rings is 2. The number of rotatable bonds is 1. The minimum atomic E-state index is 0.0622. The van der Waals surface area contributed by atoms with Gasteiger partial charge in [0.15, 0.2) is 0 Å². The van der Waals surface area contributed by atoms with Crippen LogP contribution in [0.5, 0.6) is 5.75 Å². The lowest BCUT2D eigenvalue weighted by molar-refractivity contribution is 0.0422. The summed E-state index contributed by atoms with van der Waals surface area (Å²) in [7, 11) is 0. The van der Waals surface area contributed by atoms with Crippen LogP contribution in [0.3, 0.4) is 0 Å². The van der Waals surface area contributed by atoms with E-state index in [2.05, 4.69) is 41.2 Å². The van der Waals surface area contributed by atoms with E-state index in [-0.39, 0.29) is 6.03 Å². The second kappa shape index (κ2) is 7.65. The number of hydrogen-bond donors (Lipinski definition) is 1. The van der Waals surface area contributed by atoms with E-state index < -0.39 is 0 Å². The summed E-state index contributed by atoms with van der Waals surface area (Å²) in [5.41, 5.74) is 6.36. The lowest BCUT2D eigenvalue weighted by Gasteiger charge is -2.32. The molecule has 0 bridgehead atoms. The summed E-state index contributed by atoms with van der Waals surface area (Å²) in [6, 6.07) is 10.6. The molecule has 1 fully saturated rings. The zero-order valence-electron chi connectivity index (χ0n) is 17.4. The van der Waals surface area contributed by atoms with E-state index >= 15 is 0 Å². The van der Waals surface area contributed by atoms with Crippen LogP contribution in [0.4, 0.5) is 4.79 Å². The fourth-order valence-corrected chi connectivity index (χ4v) is 4.31. The molecular formula is C23H26N4O3. The molecule has 156 valence electrons. The van der Waals surface area contributed by atoms with Gasteiger partial charge in [-0.2, -0.15) is 0 Å². The number of morpholine rings is 1. The molecule has 2 aliphatic rings. The lowest BCUT2D eigenvalue weighted by atomic mass is 9.98. The fourth-order valence-electron chi connectivity index (χ4n) is 4.31. The number of hydrogen-bond acceptors (Lipinski definition) is 4. The first kappa shape index (κ1) is 18.9. The molecule has 1 N–H and O–H groups in total. The number of urea groups is 1. The highest BCUT2D eigenvalue weighted by atomic mass is 16.5. The van der Waals surface area contributed by atoms with E-state index in [1.54, 1.807) is 0 Å². The normalized spacial score (nSPS) is 16.9. The van der Waals surface area contributed by atoms with Crippen LogP contribution in [-0.2, 0) is 11.3 Å². The monoisotopic (exact) mass is 406 g/mol. The van der Waals surface area contributed by atoms with E-state index in [1.807, 2.05) is 22.8 Å². The Balaban J connectivity index is 1.47. The standard InChI is InChI=1S/C23H26N4O3/c1-15-11-18(17-3-4-20-21(13-17)25-16(2)24-20)12-19-14-27(7-10-30-22(15)19)23(28)26-5-8-29-9-6-26/h3-4,11-13H,5-10,14H2,1-2H3,(H,24,25). The van der Waals surface area contributed by atoms with Gasteiger partial charge in [-0.25, -0.2) is 9.78 Å². The van der Waals surface area contributed by atoms with Gasteiger partial charge < -0.3 is 24.3 Å². The van der Waals surface area contributed by atoms with Crippen LogP contribution >= 0.6 is 0 Å². The topological polar surface area (TPSA) is 70.7 Å². The van der Waals surface area contributed by atoms with Crippen LogP contribution in [0.15, 0.2) is 30.3 Å². The molecule has 2 amide bonds. The third-order valence-electron chi connectivity index (χ3n) is 5.81. The number of amides is 2. The highest BCUT2D eigenvalue weighted by Crippen LogP contribution is 2.34. The largest absolute Gasteiger partial charge is 0.491 e. The van der Waals surface area contributed by atoms with Crippen molar-refractivity contribution >= 4 is 17.1 Å². The molecule has 3 aromatic rings. The predicted octanol–water partition coefficient (Wildman–Crippen LogP) is 3.49. The van der Waals surface area contributed by atoms with E-state index in [4.69, 9.17) is 9.47 Å². The summed E-state index contributed by atoms with van der Waals surface area (Å²) in [6.45, 7) is 8.16. The van der Waals surface area contributed by atoms with Crippen LogP contribution in [0.1, 0.15) is 17.0 Å². The number of H-pyrrole nitrogens is 1. The van der Waals surface area contributed by atoms with E-state index in [0.29, 0.717) is 46.0 Å². The molecule has 30 heavy (non-hydrogen) atoms. The molecule has 0 spiro atoms. The molecule has 0 aliphatic carbocycles. The van der Waals surface area contributed by atoms with Crippen molar-refractivity contribution in [3.63, 3.8) is 0 Å². The minimum absolute atomic E-state index is 0.0622. The molecule has 0 radical (unpaired) electrons. The highest BCUT2D eigenvalue weighted by molar-refractivity contribution is 5.82. The number of ether oxygens (including phenoxy) is 2. The Morgan fingerprint density at radius 2 is 1.80 bits per heavy atom. The number of carbonyl (C=O) groups is 1. The van der Waals surface area contributed by atoms with Crippen molar-refractivity contribution in [1.29, 1.82) is 0 Å². The summed E-state index contributed by atoms with van der Waals surface area (Å²) in [4.78, 5) is 24.6. The van der Waals surface area contributed by atoms with Crippen molar-refractivity contribution in [2.75, 3.05) is 39.5 Å². The van der Waals surface area contributed by atoms with Gasteiger partial charge in [-0.05, 0) is 54.8 Å². The Bertz CT molecular complexity index is 1100. The highest BCUT2D eigenvalue weighted by Gasteiger charge is 2.26. The Kier molecular flexibility index (Phi) is 4.83. The van der Waals surface area contributed by atoms with Gasteiger partial charge in [-0.3, -0.25) is 0 Å². The molecule has 7 nitrogen and oxygen atoms in total. The van der Waals surface area contributed by atoms with Gasteiger partial charge in [0.1, 0.15) is 18.2 Å². The van der Waals surface area contributed by atoms with E-state index in [1.165, 1.54) is 0 Å². The van der Waals surface area contributed by atoms with Crippen LogP contribution in [-0.4, -0.2) is 65.3 Å². The maximum absolute atomic E-state index is 13.0. The predicted molar refractivity (Wildman–Crippen MR) is 115 cm³/mol. The molecule has 2 aliphatic heterocycles. The van der Waals surface area contributed by atoms with Crippen molar-refractivity contribution in [2.24, 2.45) is 0 Å². The minimum Gasteiger partial charge on any atom is -0.491 e. The summed E-state index contributed by atoms with van der Waals surface area (Å²) in [6.07, 6.45) is 0. The van der Waals surface area contributed by atoms with Gasteiger partial charge in [0.2, 0.25) is 0 Å². The van der Waals surface area contributed by atoms with Gasteiger partial charge in [-0.1, -0.05) is 6.07 Å². The molecule has 3 heterocycles. The molecule has 0 unspecified atom stereocenters. The number of fused-ring (bicyclic) bond motifs is 2. The Labute approximate surface area is 175 Å². The molecule has 2 aromatic carbocycles. The number of aromatic amines is 1.